The lowest BCUT2D eigenvalue weighted by molar-refractivity contribution is 0.0983. The number of pyridine rings is 1. The zero-order valence-electron chi connectivity index (χ0n) is 21.4. The third-order valence-electron chi connectivity index (χ3n) is 6.45. The van der Waals surface area contributed by atoms with Crippen molar-refractivity contribution < 1.29 is 23.7 Å². The van der Waals surface area contributed by atoms with Crippen LogP contribution in [0.4, 0.5) is 5.69 Å². The molecule has 1 aliphatic rings. The molecule has 1 amide bonds. The summed E-state index contributed by atoms with van der Waals surface area (Å²) in [5.41, 5.74) is 3.21. The molecule has 0 radical (unpaired) electrons. The van der Waals surface area contributed by atoms with Crippen molar-refractivity contribution in [3.63, 3.8) is 0 Å². The van der Waals surface area contributed by atoms with Crippen molar-refractivity contribution in [2.24, 2.45) is 0 Å². The number of benzene rings is 3. The first-order chi connectivity index (χ1) is 18.5. The maximum Gasteiger partial charge on any atom is 0.259 e. The third kappa shape index (κ3) is 5.34. The van der Waals surface area contributed by atoms with Crippen LogP contribution >= 0.6 is 22.6 Å². The molecule has 0 atom stereocenters. The molecule has 5 rings (SSSR count). The van der Waals surface area contributed by atoms with Gasteiger partial charge in [-0.3, -0.25) is 9.78 Å². The zero-order chi connectivity index (χ0) is 26.6. The lowest BCUT2D eigenvalue weighted by Gasteiger charge is -2.27. The Labute approximate surface area is 235 Å². The van der Waals surface area contributed by atoms with Crippen LogP contribution in [0.25, 0.3) is 10.9 Å². The van der Waals surface area contributed by atoms with Gasteiger partial charge in [0.15, 0.2) is 23.0 Å². The lowest BCUT2D eigenvalue weighted by atomic mass is 10.1. The van der Waals surface area contributed by atoms with Crippen molar-refractivity contribution in [1.82, 2.24) is 9.88 Å². The largest absolute Gasteiger partial charge is 0.493 e. The highest BCUT2D eigenvalue weighted by Gasteiger charge is 2.26. The van der Waals surface area contributed by atoms with Crippen LogP contribution in [0.2, 0.25) is 0 Å². The summed E-state index contributed by atoms with van der Waals surface area (Å²) in [5, 5.41) is 0.811. The number of likely N-dealkylation sites (N-methyl/N-ethyl adjacent to an activating group) is 1. The van der Waals surface area contributed by atoms with Crippen molar-refractivity contribution in [3.8, 4) is 23.0 Å². The van der Waals surface area contributed by atoms with Crippen molar-refractivity contribution in [2.45, 2.75) is 6.54 Å². The SMILES string of the molecule is COc1cc(I)c(C(=O)N(CCN(C)Cc2ccccc2)c2ccnc3cc4c(cc23)OCO4)cc1OC. The van der Waals surface area contributed by atoms with Gasteiger partial charge in [-0.25, -0.2) is 0 Å². The molecule has 2 heterocycles. The predicted molar refractivity (Wildman–Crippen MR) is 155 cm³/mol. The summed E-state index contributed by atoms with van der Waals surface area (Å²) >= 11 is 2.17. The Kier molecular flexibility index (Phi) is 7.85. The Morgan fingerprint density at radius 2 is 1.68 bits per heavy atom. The molecule has 0 saturated heterocycles. The number of amides is 1. The highest BCUT2D eigenvalue weighted by molar-refractivity contribution is 14.1. The summed E-state index contributed by atoms with van der Waals surface area (Å²) < 4.78 is 22.9. The Morgan fingerprint density at radius 3 is 2.42 bits per heavy atom. The van der Waals surface area contributed by atoms with Gasteiger partial charge in [0.1, 0.15) is 0 Å². The van der Waals surface area contributed by atoms with Crippen molar-refractivity contribution >= 4 is 45.1 Å². The number of rotatable bonds is 9. The molecule has 0 bridgehead atoms. The maximum atomic E-state index is 14.2. The molecule has 196 valence electrons. The number of ether oxygens (including phenoxy) is 4. The summed E-state index contributed by atoms with van der Waals surface area (Å²) in [7, 11) is 5.20. The Morgan fingerprint density at radius 1 is 0.974 bits per heavy atom. The van der Waals surface area contributed by atoms with E-state index >= 15 is 0 Å². The smallest absolute Gasteiger partial charge is 0.259 e. The lowest BCUT2D eigenvalue weighted by Crippen LogP contribution is -2.38. The zero-order valence-corrected chi connectivity index (χ0v) is 23.6. The molecule has 0 aliphatic carbocycles. The first kappa shape index (κ1) is 26.1. The number of fused-ring (bicyclic) bond motifs is 2. The number of halogens is 1. The second kappa shape index (κ2) is 11.4. The summed E-state index contributed by atoms with van der Waals surface area (Å²) in [6.45, 7) is 2.04. The monoisotopic (exact) mass is 625 g/mol. The first-order valence-corrected chi connectivity index (χ1v) is 13.2. The second-order valence-electron chi connectivity index (χ2n) is 8.92. The average Bonchev–Trinajstić information content (AvgIpc) is 3.39. The number of carbonyl (C=O) groups is 1. The molecule has 0 spiro atoms. The third-order valence-corrected chi connectivity index (χ3v) is 7.35. The molecule has 0 N–H and O–H groups in total. The maximum absolute atomic E-state index is 14.2. The molecular formula is C29H28IN3O5. The fourth-order valence-corrected chi connectivity index (χ4v) is 5.17. The summed E-state index contributed by atoms with van der Waals surface area (Å²) in [6.07, 6.45) is 1.72. The molecule has 9 heteroatoms. The average molecular weight is 625 g/mol. The van der Waals surface area contributed by atoms with Crippen LogP contribution in [0.3, 0.4) is 0 Å². The number of nitrogens with zero attached hydrogens (tertiary/aromatic N) is 3. The number of anilines is 1. The molecular weight excluding hydrogens is 597 g/mol. The van der Waals surface area contributed by atoms with Crippen LogP contribution in [-0.2, 0) is 6.54 Å². The van der Waals surface area contributed by atoms with E-state index in [1.54, 1.807) is 31.4 Å². The van der Waals surface area contributed by atoms with E-state index in [2.05, 4.69) is 51.7 Å². The molecule has 3 aromatic carbocycles. The van der Waals surface area contributed by atoms with Gasteiger partial charge in [-0.1, -0.05) is 30.3 Å². The van der Waals surface area contributed by atoms with E-state index in [1.807, 2.05) is 42.5 Å². The van der Waals surface area contributed by atoms with Crippen molar-refractivity contribution in [3.05, 3.63) is 81.6 Å². The molecule has 4 aromatic rings. The fraction of sp³-hybridized carbons (Fsp3) is 0.241. The molecule has 0 fully saturated rings. The van der Waals surface area contributed by atoms with E-state index in [1.165, 1.54) is 5.56 Å². The van der Waals surface area contributed by atoms with Crippen LogP contribution in [-0.4, -0.2) is 56.9 Å². The highest BCUT2D eigenvalue weighted by Crippen LogP contribution is 2.39. The van der Waals surface area contributed by atoms with Gasteiger partial charge in [-0.15, -0.1) is 0 Å². The van der Waals surface area contributed by atoms with E-state index < -0.39 is 0 Å². The van der Waals surface area contributed by atoms with Gasteiger partial charge >= 0.3 is 0 Å². The molecule has 1 aliphatic heterocycles. The van der Waals surface area contributed by atoms with Crippen molar-refractivity contribution in [1.29, 1.82) is 0 Å². The summed E-state index contributed by atoms with van der Waals surface area (Å²) in [6, 6.07) is 19.4. The van der Waals surface area contributed by atoms with E-state index in [0.717, 1.165) is 26.7 Å². The van der Waals surface area contributed by atoms with Gasteiger partial charge in [0.05, 0.1) is 31.0 Å². The molecule has 38 heavy (non-hydrogen) atoms. The minimum atomic E-state index is -0.145. The van der Waals surface area contributed by atoms with Crippen molar-refractivity contribution in [2.75, 3.05) is 46.0 Å². The number of methoxy groups -OCH3 is 2. The number of carbonyl (C=O) groups excluding carboxylic acids is 1. The normalized spacial score (nSPS) is 12.1. The molecule has 0 unspecified atom stereocenters. The van der Waals surface area contributed by atoms with E-state index in [9.17, 15) is 4.79 Å². The van der Waals surface area contributed by atoms with Crippen LogP contribution in [0, 0.1) is 3.57 Å². The summed E-state index contributed by atoms with van der Waals surface area (Å²) in [4.78, 5) is 22.7. The van der Waals surface area contributed by atoms with E-state index in [-0.39, 0.29) is 12.7 Å². The molecule has 8 nitrogen and oxygen atoms in total. The quantitative estimate of drug-likeness (QED) is 0.232. The van der Waals surface area contributed by atoms with Gasteiger partial charge in [0, 0.05) is 40.9 Å². The summed E-state index contributed by atoms with van der Waals surface area (Å²) in [5.74, 6) is 2.22. The molecule has 0 saturated carbocycles. The minimum Gasteiger partial charge on any atom is -0.493 e. The Balaban J connectivity index is 1.53. The minimum absolute atomic E-state index is 0.145. The van der Waals surface area contributed by atoms with Gasteiger partial charge in [0.25, 0.3) is 5.91 Å². The van der Waals surface area contributed by atoms with E-state index in [4.69, 9.17) is 18.9 Å². The van der Waals surface area contributed by atoms with Crippen LogP contribution in [0.5, 0.6) is 23.0 Å². The fourth-order valence-electron chi connectivity index (χ4n) is 4.50. The van der Waals surface area contributed by atoms with Gasteiger partial charge < -0.3 is 28.7 Å². The predicted octanol–water partition coefficient (Wildman–Crippen LogP) is 5.36. The Bertz CT molecular complexity index is 1460. The highest BCUT2D eigenvalue weighted by atomic mass is 127. The number of hydrogen-bond acceptors (Lipinski definition) is 7. The Hall–Kier alpha value is -3.57. The second-order valence-corrected chi connectivity index (χ2v) is 10.1. The van der Waals surface area contributed by atoms with Crippen LogP contribution < -0.4 is 23.8 Å². The standard InChI is InChI=1S/C29H28IN3O5/c1-32(17-19-7-5-4-6-8-19)11-12-33(29(34)20-13-25(35-2)26(36-3)15-22(20)30)24-9-10-31-23-16-28-27(14-21(23)24)37-18-38-28/h4-10,13-16H,11-12,17-18H2,1-3H3. The van der Waals surface area contributed by atoms with E-state index in [0.29, 0.717) is 41.7 Å². The van der Waals surface area contributed by atoms with Crippen LogP contribution in [0.1, 0.15) is 15.9 Å². The van der Waals surface area contributed by atoms with Gasteiger partial charge in [0.2, 0.25) is 6.79 Å². The molecule has 1 aromatic heterocycles. The van der Waals surface area contributed by atoms with Gasteiger partial charge in [-0.05, 0) is 59.5 Å². The number of hydrogen-bond donors (Lipinski definition) is 0. The van der Waals surface area contributed by atoms with Crippen LogP contribution in [0.15, 0.2) is 66.9 Å². The topological polar surface area (TPSA) is 73.4 Å². The number of aromatic nitrogens is 1. The first-order valence-electron chi connectivity index (χ1n) is 12.1. The van der Waals surface area contributed by atoms with Gasteiger partial charge in [-0.2, -0.15) is 0 Å².